The minimum Gasteiger partial charge on any atom is -0.479 e. The Hall–Kier alpha value is -1.10. The number of ether oxygens (including phenoxy) is 2. The van der Waals surface area contributed by atoms with E-state index < -0.39 is 24.1 Å². The fourth-order valence-corrected chi connectivity index (χ4v) is 1.26. The number of hydrogen-bond donors (Lipinski definition) is 1. The first-order valence-corrected chi connectivity index (χ1v) is 5.21. The Morgan fingerprint density at radius 2 is 2.00 bits per heavy atom. The van der Waals surface area contributed by atoms with E-state index >= 15 is 0 Å². The smallest absolute Gasteiger partial charge is 0.338 e. The second kappa shape index (κ2) is 5.70. The highest BCUT2D eigenvalue weighted by Crippen LogP contribution is 2.23. The first-order valence-electron chi connectivity index (χ1n) is 5.21. The molecular formula is C10H16O5. The van der Waals surface area contributed by atoms with Crippen molar-refractivity contribution in [2.75, 3.05) is 6.61 Å². The standard InChI is InChI=1S/C10H16O5/c1-2-3-4-5-6-14-10(13)8-7(15-8)9(11)12/h7-8H,2-6H2,1H3,(H,11,12)/t7-,8+/m0/s1. The van der Waals surface area contributed by atoms with Gasteiger partial charge in [0.1, 0.15) is 0 Å². The molecule has 0 bridgehead atoms. The largest absolute Gasteiger partial charge is 0.479 e. The van der Waals surface area contributed by atoms with Gasteiger partial charge in [-0.1, -0.05) is 26.2 Å². The number of carbonyl (C=O) groups excluding carboxylic acids is 1. The average molecular weight is 216 g/mol. The zero-order chi connectivity index (χ0) is 11.3. The van der Waals surface area contributed by atoms with E-state index in [9.17, 15) is 9.59 Å². The van der Waals surface area contributed by atoms with Crippen LogP contribution in [0.15, 0.2) is 0 Å². The van der Waals surface area contributed by atoms with Crippen LogP contribution in [0.4, 0.5) is 0 Å². The molecule has 0 radical (unpaired) electrons. The Morgan fingerprint density at radius 1 is 1.27 bits per heavy atom. The molecule has 0 aliphatic carbocycles. The van der Waals surface area contributed by atoms with E-state index in [2.05, 4.69) is 11.7 Å². The summed E-state index contributed by atoms with van der Waals surface area (Å²) in [6.45, 7) is 2.45. The van der Waals surface area contributed by atoms with Crippen LogP contribution in [-0.4, -0.2) is 35.9 Å². The lowest BCUT2D eigenvalue weighted by molar-refractivity contribution is -0.146. The molecule has 0 aromatic carbocycles. The molecule has 5 heteroatoms. The van der Waals surface area contributed by atoms with E-state index in [0.717, 1.165) is 25.7 Å². The molecule has 1 fully saturated rings. The topological polar surface area (TPSA) is 76.1 Å². The number of epoxide rings is 1. The van der Waals surface area contributed by atoms with Gasteiger partial charge in [-0.2, -0.15) is 0 Å². The summed E-state index contributed by atoms with van der Waals surface area (Å²) in [5, 5.41) is 8.48. The van der Waals surface area contributed by atoms with Crippen LogP contribution in [0.1, 0.15) is 32.6 Å². The minimum atomic E-state index is -1.11. The van der Waals surface area contributed by atoms with Crippen molar-refractivity contribution in [2.24, 2.45) is 0 Å². The molecule has 1 N–H and O–H groups in total. The third-order valence-corrected chi connectivity index (χ3v) is 2.21. The van der Waals surface area contributed by atoms with Crippen molar-refractivity contribution < 1.29 is 24.2 Å². The summed E-state index contributed by atoms with van der Waals surface area (Å²) >= 11 is 0. The van der Waals surface area contributed by atoms with Crippen molar-refractivity contribution in [2.45, 2.75) is 44.8 Å². The second-order valence-corrected chi connectivity index (χ2v) is 3.54. The minimum absolute atomic E-state index is 0.352. The Morgan fingerprint density at radius 3 is 2.53 bits per heavy atom. The molecule has 86 valence electrons. The van der Waals surface area contributed by atoms with Crippen molar-refractivity contribution in [1.82, 2.24) is 0 Å². The molecule has 1 rings (SSSR count). The zero-order valence-corrected chi connectivity index (χ0v) is 8.77. The highest BCUT2D eigenvalue weighted by molar-refractivity contribution is 5.88. The van der Waals surface area contributed by atoms with E-state index in [4.69, 9.17) is 9.84 Å². The lowest BCUT2D eigenvalue weighted by Crippen LogP contribution is -2.18. The summed E-state index contributed by atoms with van der Waals surface area (Å²) in [5.41, 5.74) is 0. The number of carboxylic acids is 1. The first-order chi connectivity index (χ1) is 7.16. The fraction of sp³-hybridized carbons (Fsp3) is 0.800. The van der Waals surface area contributed by atoms with Crippen LogP contribution < -0.4 is 0 Å². The first kappa shape index (κ1) is 12.0. The maximum absolute atomic E-state index is 11.1. The number of carbonyl (C=O) groups is 2. The summed E-state index contributed by atoms with van der Waals surface area (Å²) in [4.78, 5) is 21.5. The molecule has 0 unspecified atom stereocenters. The Bertz CT molecular complexity index is 238. The van der Waals surface area contributed by atoms with Gasteiger partial charge < -0.3 is 14.6 Å². The van der Waals surface area contributed by atoms with Gasteiger partial charge in [0.15, 0.2) is 12.2 Å². The van der Waals surface area contributed by atoms with E-state index in [1.165, 1.54) is 0 Å². The molecule has 1 aliphatic rings. The molecule has 0 spiro atoms. The van der Waals surface area contributed by atoms with Crippen LogP contribution in [-0.2, 0) is 19.1 Å². The molecule has 1 heterocycles. The molecule has 2 atom stereocenters. The van der Waals surface area contributed by atoms with Crippen LogP contribution in [0, 0.1) is 0 Å². The van der Waals surface area contributed by atoms with Crippen LogP contribution in [0.5, 0.6) is 0 Å². The second-order valence-electron chi connectivity index (χ2n) is 3.54. The summed E-state index contributed by atoms with van der Waals surface area (Å²) in [6, 6.07) is 0. The lowest BCUT2D eigenvalue weighted by Gasteiger charge is -2.01. The highest BCUT2D eigenvalue weighted by Gasteiger charge is 2.51. The quantitative estimate of drug-likeness (QED) is 0.389. The van der Waals surface area contributed by atoms with Crippen LogP contribution in [0.25, 0.3) is 0 Å². The van der Waals surface area contributed by atoms with Gasteiger partial charge in [-0.25, -0.2) is 9.59 Å². The number of esters is 1. The normalized spacial score (nSPS) is 23.5. The van der Waals surface area contributed by atoms with Gasteiger partial charge >= 0.3 is 11.9 Å². The van der Waals surface area contributed by atoms with Gasteiger partial charge in [-0.05, 0) is 6.42 Å². The molecule has 1 aliphatic heterocycles. The van der Waals surface area contributed by atoms with Crippen molar-refractivity contribution in [3.8, 4) is 0 Å². The number of hydrogen-bond acceptors (Lipinski definition) is 4. The van der Waals surface area contributed by atoms with Gasteiger partial charge in [-0.15, -0.1) is 0 Å². The lowest BCUT2D eigenvalue weighted by atomic mass is 10.2. The van der Waals surface area contributed by atoms with Gasteiger partial charge in [0.25, 0.3) is 0 Å². The molecule has 0 saturated carbocycles. The molecule has 0 aromatic rings. The Balaban J connectivity index is 2.03. The van der Waals surface area contributed by atoms with E-state index in [1.54, 1.807) is 0 Å². The van der Waals surface area contributed by atoms with Crippen molar-refractivity contribution in [3.05, 3.63) is 0 Å². The SMILES string of the molecule is CCCCCCOC(=O)[C@@H]1O[C@@H]1C(=O)O. The molecule has 15 heavy (non-hydrogen) atoms. The monoisotopic (exact) mass is 216 g/mol. The third kappa shape index (κ3) is 3.87. The van der Waals surface area contributed by atoms with Crippen molar-refractivity contribution in [3.63, 3.8) is 0 Å². The van der Waals surface area contributed by atoms with Crippen molar-refractivity contribution in [1.29, 1.82) is 0 Å². The Kier molecular flexibility index (Phi) is 4.55. The number of aliphatic carboxylic acids is 1. The van der Waals surface area contributed by atoms with E-state index in [-0.39, 0.29) is 0 Å². The molecular weight excluding hydrogens is 200 g/mol. The van der Waals surface area contributed by atoms with Crippen molar-refractivity contribution >= 4 is 11.9 Å². The Labute approximate surface area is 88.4 Å². The molecule has 5 nitrogen and oxygen atoms in total. The van der Waals surface area contributed by atoms with Crippen LogP contribution in [0.2, 0.25) is 0 Å². The van der Waals surface area contributed by atoms with Gasteiger partial charge in [0, 0.05) is 0 Å². The number of unbranched alkanes of at least 4 members (excludes halogenated alkanes) is 3. The summed E-state index contributed by atoms with van der Waals surface area (Å²) < 4.78 is 9.51. The summed E-state index contributed by atoms with van der Waals surface area (Å²) in [7, 11) is 0. The number of carboxylic acid groups (broad SMARTS) is 1. The van der Waals surface area contributed by atoms with E-state index in [1.807, 2.05) is 0 Å². The molecule has 1 saturated heterocycles. The molecule has 0 aromatic heterocycles. The maximum atomic E-state index is 11.1. The van der Waals surface area contributed by atoms with Crippen LogP contribution >= 0.6 is 0 Å². The summed E-state index contributed by atoms with van der Waals surface area (Å²) in [5.74, 6) is -1.66. The molecule has 0 amide bonds. The highest BCUT2D eigenvalue weighted by atomic mass is 16.7. The summed E-state index contributed by atoms with van der Waals surface area (Å²) in [6.07, 6.45) is 2.22. The fourth-order valence-electron chi connectivity index (χ4n) is 1.26. The predicted molar refractivity (Wildman–Crippen MR) is 51.4 cm³/mol. The van der Waals surface area contributed by atoms with Gasteiger partial charge in [0.2, 0.25) is 0 Å². The maximum Gasteiger partial charge on any atom is 0.338 e. The predicted octanol–water partition coefficient (Wildman–Crippen LogP) is 0.962. The van der Waals surface area contributed by atoms with E-state index in [0.29, 0.717) is 6.61 Å². The third-order valence-electron chi connectivity index (χ3n) is 2.21. The van der Waals surface area contributed by atoms with Gasteiger partial charge in [0.05, 0.1) is 6.61 Å². The number of rotatable bonds is 7. The zero-order valence-electron chi connectivity index (χ0n) is 8.77. The average Bonchev–Trinajstić information content (AvgIpc) is 2.96. The van der Waals surface area contributed by atoms with Crippen LogP contribution in [0.3, 0.4) is 0 Å². The van der Waals surface area contributed by atoms with Gasteiger partial charge in [-0.3, -0.25) is 0 Å².